The van der Waals surface area contributed by atoms with E-state index >= 15 is 0 Å². The molecule has 1 aromatic heterocycles. The first kappa shape index (κ1) is 15.4. The molecule has 0 saturated heterocycles. The van der Waals surface area contributed by atoms with Gasteiger partial charge in [-0.3, -0.25) is 0 Å². The largest absolute Gasteiger partial charge is 0.461 e. The van der Waals surface area contributed by atoms with Crippen LogP contribution in [0, 0.1) is 0 Å². The molecule has 0 aliphatic heterocycles. The Morgan fingerprint density at radius 2 is 1.89 bits per heavy atom. The number of hydrogen-bond donors (Lipinski definition) is 3. The van der Waals surface area contributed by atoms with E-state index in [0.29, 0.717) is 18.4 Å². The fourth-order valence-corrected chi connectivity index (χ4v) is 1.46. The van der Waals surface area contributed by atoms with Crippen LogP contribution < -0.4 is 15.4 Å². The van der Waals surface area contributed by atoms with Crippen molar-refractivity contribution in [2.45, 2.75) is 45.8 Å². The summed E-state index contributed by atoms with van der Waals surface area (Å²) < 4.78 is 5.45. The predicted molar refractivity (Wildman–Crippen MR) is 74.5 cm³/mol. The normalized spacial score (nSPS) is 12.3. The lowest BCUT2D eigenvalue weighted by molar-refractivity contribution is 0.176. The second-order valence-electron chi connectivity index (χ2n) is 4.51. The minimum atomic E-state index is -0.408. The summed E-state index contributed by atoms with van der Waals surface area (Å²) in [4.78, 5) is 12.4. The molecule has 1 aromatic rings. The Labute approximate surface area is 113 Å². The highest BCUT2D eigenvalue weighted by molar-refractivity contribution is 5.35. The molecule has 1 atom stereocenters. The molecular weight excluding hydrogens is 246 g/mol. The second kappa shape index (κ2) is 7.73. The van der Waals surface area contributed by atoms with Gasteiger partial charge in [0, 0.05) is 13.6 Å². The SMILES string of the molecule is CCCC(O)CNc1nc(NC)nc(OC(C)C)n1. The Balaban J connectivity index is 2.70. The smallest absolute Gasteiger partial charge is 0.323 e. The zero-order chi connectivity index (χ0) is 14.3. The Bertz CT molecular complexity index is 386. The van der Waals surface area contributed by atoms with Crippen molar-refractivity contribution >= 4 is 11.9 Å². The van der Waals surface area contributed by atoms with Crippen LogP contribution in [-0.2, 0) is 0 Å². The van der Waals surface area contributed by atoms with Gasteiger partial charge < -0.3 is 20.5 Å². The summed E-state index contributed by atoms with van der Waals surface area (Å²) in [5, 5.41) is 15.5. The molecule has 0 aliphatic rings. The summed E-state index contributed by atoms with van der Waals surface area (Å²) >= 11 is 0. The Morgan fingerprint density at radius 3 is 2.47 bits per heavy atom. The number of nitrogens with one attached hydrogen (secondary N) is 2. The van der Waals surface area contributed by atoms with Gasteiger partial charge in [-0.1, -0.05) is 13.3 Å². The van der Waals surface area contributed by atoms with Crippen molar-refractivity contribution in [2.24, 2.45) is 0 Å². The Kier molecular flexibility index (Phi) is 6.27. The highest BCUT2D eigenvalue weighted by atomic mass is 16.5. The van der Waals surface area contributed by atoms with Gasteiger partial charge in [0.25, 0.3) is 0 Å². The van der Waals surface area contributed by atoms with E-state index in [-0.39, 0.29) is 12.1 Å². The van der Waals surface area contributed by atoms with Crippen LogP contribution in [0.25, 0.3) is 0 Å². The molecular formula is C12H23N5O2. The maximum atomic E-state index is 9.67. The van der Waals surface area contributed by atoms with E-state index in [0.717, 1.165) is 12.8 Å². The van der Waals surface area contributed by atoms with Crippen LogP contribution in [0.4, 0.5) is 11.9 Å². The Hall–Kier alpha value is -1.63. The fourth-order valence-electron chi connectivity index (χ4n) is 1.46. The zero-order valence-corrected chi connectivity index (χ0v) is 12.0. The van der Waals surface area contributed by atoms with Gasteiger partial charge in [-0.2, -0.15) is 15.0 Å². The number of aromatic nitrogens is 3. The fraction of sp³-hybridized carbons (Fsp3) is 0.750. The molecule has 0 fully saturated rings. The number of aliphatic hydroxyl groups excluding tert-OH is 1. The summed E-state index contributed by atoms with van der Waals surface area (Å²) in [6.45, 7) is 6.24. The summed E-state index contributed by atoms with van der Waals surface area (Å²) in [5.74, 6) is 0.822. The van der Waals surface area contributed by atoms with Crippen LogP contribution >= 0.6 is 0 Å². The van der Waals surface area contributed by atoms with Crippen LogP contribution in [0.15, 0.2) is 0 Å². The van der Waals surface area contributed by atoms with Crippen molar-refractivity contribution in [3.8, 4) is 6.01 Å². The highest BCUT2D eigenvalue weighted by Gasteiger charge is 2.09. The van der Waals surface area contributed by atoms with E-state index in [1.54, 1.807) is 7.05 Å². The summed E-state index contributed by atoms with van der Waals surface area (Å²) in [7, 11) is 1.73. The van der Waals surface area contributed by atoms with Gasteiger partial charge in [0.1, 0.15) is 0 Å². The third kappa shape index (κ3) is 5.69. The number of nitrogens with zero attached hydrogens (tertiary/aromatic N) is 3. The molecule has 1 rings (SSSR count). The number of aliphatic hydroxyl groups is 1. The number of anilines is 2. The van der Waals surface area contributed by atoms with Crippen molar-refractivity contribution in [3.63, 3.8) is 0 Å². The summed E-state index contributed by atoms with van der Waals surface area (Å²) in [5.41, 5.74) is 0. The molecule has 0 spiro atoms. The van der Waals surface area contributed by atoms with Crippen LogP contribution in [0.1, 0.15) is 33.6 Å². The van der Waals surface area contributed by atoms with E-state index in [2.05, 4.69) is 25.6 Å². The first-order valence-electron chi connectivity index (χ1n) is 6.57. The third-order valence-electron chi connectivity index (χ3n) is 2.30. The van der Waals surface area contributed by atoms with Crippen molar-refractivity contribution in [2.75, 3.05) is 24.2 Å². The lowest BCUT2D eigenvalue weighted by atomic mass is 10.2. The van der Waals surface area contributed by atoms with Gasteiger partial charge in [0.05, 0.1) is 12.2 Å². The highest BCUT2D eigenvalue weighted by Crippen LogP contribution is 2.12. The second-order valence-corrected chi connectivity index (χ2v) is 4.51. The van der Waals surface area contributed by atoms with Crippen LogP contribution in [0.3, 0.4) is 0 Å². The van der Waals surface area contributed by atoms with Crippen molar-refractivity contribution < 1.29 is 9.84 Å². The van der Waals surface area contributed by atoms with Crippen molar-refractivity contribution in [1.29, 1.82) is 0 Å². The quantitative estimate of drug-likeness (QED) is 0.654. The summed E-state index contributed by atoms with van der Waals surface area (Å²) in [6, 6.07) is 0.266. The van der Waals surface area contributed by atoms with Gasteiger partial charge in [-0.25, -0.2) is 0 Å². The maximum absolute atomic E-state index is 9.67. The number of ether oxygens (including phenoxy) is 1. The zero-order valence-electron chi connectivity index (χ0n) is 12.0. The third-order valence-corrected chi connectivity index (χ3v) is 2.30. The van der Waals surface area contributed by atoms with Crippen molar-refractivity contribution in [3.05, 3.63) is 0 Å². The van der Waals surface area contributed by atoms with Crippen LogP contribution in [0.2, 0.25) is 0 Å². The topological polar surface area (TPSA) is 92.2 Å². The average molecular weight is 269 g/mol. The van der Waals surface area contributed by atoms with E-state index in [9.17, 15) is 5.11 Å². The molecule has 0 aromatic carbocycles. The maximum Gasteiger partial charge on any atom is 0.323 e. The molecule has 0 radical (unpaired) electrons. The van der Waals surface area contributed by atoms with Gasteiger partial charge in [-0.15, -0.1) is 0 Å². The first-order valence-corrected chi connectivity index (χ1v) is 6.57. The van der Waals surface area contributed by atoms with Crippen LogP contribution in [-0.4, -0.2) is 45.9 Å². The first-order chi connectivity index (χ1) is 9.05. The lowest BCUT2D eigenvalue weighted by Gasteiger charge is -2.13. The molecule has 0 aliphatic carbocycles. The average Bonchev–Trinajstić information content (AvgIpc) is 2.35. The minimum Gasteiger partial charge on any atom is -0.461 e. The van der Waals surface area contributed by atoms with Crippen molar-refractivity contribution in [1.82, 2.24) is 15.0 Å². The van der Waals surface area contributed by atoms with E-state index in [1.807, 2.05) is 20.8 Å². The molecule has 0 saturated carbocycles. The molecule has 0 bridgehead atoms. The molecule has 3 N–H and O–H groups in total. The predicted octanol–water partition coefficient (Wildman–Crippen LogP) is 1.27. The molecule has 7 heteroatoms. The van der Waals surface area contributed by atoms with Gasteiger partial charge >= 0.3 is 6.01 Å². The minimum absolute atomic E-state index is 0.00867. The lowest BCUT2D eigenvalue weighted by Crippen LogP contribution is -2.21. The van der Waals surface area contributed by atoms with Crippen LogP contribution in [0.5, 0.6) is 6.01 Å². The molecule has 1 unspecified atom stereocenters. The van der Waals surface area contributed by atoms with Gasteiger partial charge in [0.15, 0.2) is 0 Å². The molecule has 108 valence electrons. The standard InChI is InChI=1S/C12H23N5O2/c1-5-6-9(18)7-14-11-15-10(13-4)16-12(17-11)19-8(2)3/h8-9,18H,5-7H2,1-4H3,(H2,13,14,15,16,17). The molecule has 0 amide bonds. The van der Waals surface area contributed by atoms with Gasteiger partial charge in [0.2, 0.25) is 11.9 Å². The van der Waals surface area contributed by atoms with E-state index < -0.39 is 6.10 Å². The molecule has 1 heterocycles. The van der Waals surface area contributed by atoms with E-state index in [4.69, 9.17) is 4.74 Å². The summed E-state index contributed by atoms with van der Waals surface area (Å²) in [6.07, 6.45) is 1.26. The Morgan fingerprint density at radius 1 is 1.21 bits per heavy atom. The number of rotatable bonds is 8. The molecule has 7 nitrogen and oxygen atoms in total. The molecule has 19 heavy (non-hydrogen) atoms. The number of hydrogen-bond acceptors (Lipinski definition) is 7. The van der Waals surface area contributed by atoms with Gasteiger partial charge in [-0.05, 0) is 20.3 Å². The monoisotopic (exact) mass is 269 g/mol. The van der Waals surface area contributed by atoms with E-state index in [1.165, 1.54) is 0 Å².